The maximum Gasteiger partial charge on any atom is 0.494 e. The lowest BCUT2D eigenvalue weighted by Crippen LogP contribution is -2.64. The standard InChI is InChI=1S/C7HCl2F13O6S/c8-2(11,12)3(9,13)27-5(17,18)1(10,4(14,15)16)26-6(19,20)28-7(21,22)29(23,24)25/h(H,23,24,25). The highest BCUT2D eigenvalue weighted by Gasteiger charge is 2.81. The molecule has 22 heteroatoms. The Balaban J connectivity index is 6.22. The third-order valence-electron chi connectivity index (χ3n) is 2.12. The third kappa shape index (κ3) is 6.23. The summed E-state index contributed by atoms with van der Waals surface area (Å²) in [6.07, 6.45) is -21.9. The first-order valence-corrected chi connectivity index (χ1v) is 7.73. The van der Waals surface area contributed by atoms with E-state index in [4.69, 9.17) is 4.55 Å². The van der Waals surface area contributed by atoms with Gasteiger partial charge >= 0.3 is 50.7 Å². The average molecular weight is 531 g/mol. The molecule has 0 saturated carbocycles. The summed E-state index contributed by atoms with van der Waals surface area (Å²) in [7, 11) is -7.05. The fourth-order valence-corrected chi connectivity index (χ4v) is 1.28. The molecule has 0 aliphatic rings. The molecule has 0 heterocycles. The Labute approximate surface area is 159 Å². The van der Waals surface area contributed by atoms with Crippen LogP contribution < -0.4 is 0 Å². The van der Waals surface area contributed by atoms with Gasteiger partial charge in [0, 0.05) is 0 Å². The number of alkyl halides is 15. The summed E-state index contributed by atoms with van der Waals surface area (Å²) < 4.78 is 200. The van der Waals surface area contributed by atoms with Crippen molar-refractivity contribution in [3.05, 3.63) is 0 Å². The zero-order chi connectivity index (χ0) is 24.1. The van der Waals surface area contributed by atoms with Crippen molar-refractivity contribution in [2.45, 2.75) is 40.6 Å². The zero-order valence-corrected chi connectivity index (χ0v) is 14.4. The Morgan fingerprint density at radius 1 is 0.690 bits per heavy atom. The lowest BCUT2D eigenvalue weighted by molar-refractivity contribution is -0.561. The highest BCUT2D eigenvalue weighted by atomic mass is 35.5. The fourth-order valence-electron chi connectivity index (χ4n) is 0.942. The number of rotatable bonds is 9. The van der Waals surface area contributed by atoms with Gasteiger partial charge in [-0.3, -0.25) is 9.29 Å². The number of hydrogen-bond donors (Lipinski definition) is 1. The average Bonchev–Trinajstić information content (AvgIpc) is 2.30. The second kappa shape index (κ2) is 7.55. The molecule has 0 fully saturated rings. The first kappa shape index (κ1) is 28.5. The van der Waals surface area contributed by atoms with E-state index in [-0.39, 0.29) is 0 Å². The van der Waals surface area contributed by atoms with E-state index in [1.165, 1.54) is 0 Å². The largest absolute Gasteiger partial charge is 0.494 e. The number of halogens is 15. The Morgan fingerprint density at radius 3 is 1.34 bits per heavy atom. The summed E-state index contributed by atoms with van der Waals surface area (Å²) >= 11 is 7.66. The van der Waals surface area contributed by atoms with E-state index < -0.39 is 50.7 Å². The van der Waals surface area contributed by atoms with Gasteiger partial charge in [-0.15, -0.1) is 8.78 Å². The van der Waals surface area contributed by atoms with Crippen LogP contribution in [-0.4, -0.2) is 53.5 Å². The molecule has 0 saturated heterocycles. The molecule has 0 aromatic carbocycles. The molecule has 0 bridgehead atoms. The molecular formula is C7HCl2F13O6S. The quantitative estimate of drug-likeness (QED) is 0.204. The molecule has 0 aromatic rings. The van der Waals surface area contributed by atoms with Crippen molar-refractivity contribution in [3.63, 3.8) is 0 Å². The predicted molar refractivity (Wildman–Crippen MR) is 60.0 cm³/mol. The molecule has 176 valence electrons. The smallest absolute Gasteiger partial charge is 0.279 e. The van der Waals surface area contributed by atoms with Crippen molar-refractivity contribution >= 4 is 33.3 Å². The monoisotopic (exact) mass is 530 g/mol. The molecule has 0 aromatic heterocycles. The van der Waals surface area contributed by atoms with Crippen LogP contribution in [0.3, 0.4) is 0 Å². The van der Waals surface area contributed by atoms with Crippen LogP contribution in [0.2, 0.25) is 0 Å². The summed E-state index contributed by atoms with van der Waals surface area (Å²) in [5.74, 6) is -7.52. The van der Waals surface area contributed by atoms with Gasteiger partial charge in [-0.05, 0) is 23.2 Å². The Morgan fingerprint density at radius 2 is 1.07 bits per heavy atom. The molecule has 2 atom stereocenters. The summed E-state index contributed by atoms with van der Waals surface area (Å²) in [4.78, 5) is 0. The summed E-state index contributed by atoms with van der Waals surface area (Å²) in [6, 6.07) is 0. The Hall–Kier alpha value is -0.540. The maximum absolute atomic E-state index is 13.6. The van der Waals surface area contributed by atoms with E-state index in [0.29, 0.717) is 0 Å². The van der Waals surface area contributed by atoms with Gasteiger partial charge in [0.25, 0.3) is 0 Å². The van der Waals surface area contributed by atoms with Crippen LogP contribution >= 0.6 is 23.2 Å². The fraction of sp³-hybridized carbons (Fsp3) is 1.00. The lowest BCUT2D eigenvalue weighted by atomic mass is 10.2. The number of ether oxygens (including phenoxy) is 3. The van der Waals surface area contributed by atoms with Crippen molar-refractivity contribution in [1.82, 2.24) is 0 Å². The van der Waals surface area contributed by atoms with Gasteiger partial charge in [0.2, 0.25) is 0 Å². The van der Waals surface area contributed by atoms with Crippen molar-refractivity contribution < 1.29 is 84.3 Å². The normalized spacial score (nSPS) is 19.6. The minimum Gasteiger partial charge on any atom is -0.279 e. The summed E-state index contributed by atoms with van der Waals surface area (Å²) in [5, 5.41) is -11.8. The molecule has 2 unspecified atom stereocenters. The van der Waals surface area contributed by atoms with Crippen LogP contribution in [0.15, 0.2) is 0 Å². The van der Waals surface area contributed by atoms with Crippen LogP contribution in [0.25, 0.3) is 0 Å². The molecule has 0 radical (unpaired) electrons. The Kier molecular flexibility index (Phi) is 7.41. The summed E-state index contributed by atoms with van der Waals surface area (Å²) in [6.45, 7) is 0. The molecule has 0 aliphatic carbocycles. The first-order chi connectivity index (χ1) is 12.1. The van der Waals surface area contributed by atoms with E-state index in [9.17, 15) is 65.5 Å². The Bertz CT molecular complexity index is 703. The molecule has 0 aliphatic heterocycles. The number of hydrogen-bond acceptors (Lipinski definition) is 5. The van der Waals surface area contributed by atoms with Gasteiger partial charge < -0.3 is 0 Å². The van der Waals surface area contributed by atoms with Crippen LogP contribution in [0.4, 0.5) is 57.1 Å². The van der Waals surface area contributed by atoms with Crippen molar-refractivity contribution in [3.8, 4) is 0 Å². The molecule has 0 amide bonds. The van der Waals surface area contributed by atoms with Crippen molar-refractivity contribution in [2.24, 2.45) is 0 Å². The highest BCUT2D eigenvalue weighted by molar-refractivity contribution is 7.86. The predicted octanol–water partition coefficient (Wildman–Crippen LogP) is 4.54. The van der Waals surface area contributed by atoms with Gasteiger partial charge in [0.1, 0.15) is 0 Å². The van der Waals surface area contributed by atoms with E-state index in [1.807, 2.05) is 4.74 Å². The van der Waals surface area contributed by atoms with Crippen LogP contribution in [0, 0.1) is 0 Å². The van der Waals surface area contributed by atoms with Crippen molar-refractivity contribution in [2.75, 3.05) is 0 Å². The van der Waals surface area contributed by atoms with E-state index in [0.717, 1.165) is 0 Å². The second-order valence-electron chi connectivity index (χ2n) is 4.33. The minimum atomic E-state index is -7.55. The second-order valence-corrected chi connectivity index (χ2v) is 6.72. The van der Waals surface area contributed by atoms with E-state index >= 15 is 0 Å². The SMILES string of the molecule is O=S(=O)(O)C(F)(F)OC(F)(F)OC(F)(C(F)(F)F)C(F)(F)OC(F)(Cl)C(F)(F)Cl. The van der Waals surface area contributed by atoms with Crippen LogP contribution in [0.1, 0.15) is 0 Å². The molecule has 1 N–H and O–H groups in total. The topological polar surface area (TPSA) is 82.1 Å². The van der Waals surface area contributed by atoms with Gasteiger partial charge in [0.05, 0.1) is 0 Å². The van der Waals surface area contributed by atoms with Crippen LogP contribution in [-0.2, 0) is 24.3 Å². The summed E-state index contributed by atoms with van der Waals surface area (Å²) in [5.41, 5.74) is -6.60. The lowest BCUT2D eigenvalue weighted by Gasteiger charge is -2.37. The molecule has 0 rings (SSSR count). The highest BCUT2D eigenvalue weighted by Crippen LogP contribution is 2.54. The van der Waals surface area contributed by atoms with Gasteiger partial charge in [0.15, 0.2) is 0 Å². The first-order valence-electron chi connectivity index (χ1n) is 5.53. The maximum atomic E-state index is 13.6. The third-order valence-corrected chi connectivity index (χ3v) is 3.46. The van der Waals surface area contributed by atoms with Crippen molar-refractivity contribution in [1.29, 1.82) is 0 Å². The van der Waals surface area contributed by atoms with Crippen LogP contribution in [0.5, 0.6) is 0 Å². The van der Waals surface area contributed by atoms with Gasteiger partial charge in [-0.1, -0.05) is 0 Å². The van der Waals surface area contributed by atoms with E-state index in [2.05, 4.69) is 23.2 Å². The molecule has 6 nitrogen and oxygen atoms in total. The minimum absolute atomic E-state index is 1.65. The van der Waals surface area contributed by atoms with Gasteiger partial charge in [-0.25, -0.2) is 9.47 Å². The molecule has 29 heavy (non-hydrogen) atoms. The van der Waals surface area contributed by atoms with E-state index in [1.54, 1.807) is 9.47 Å². The van der Waals surface area contributed by atoms with Gasteiger partial charge in [-0.2, -0.15) is 56.7 Å². The molecule has 0 spiro atoms. The molecular weight excluding hydrogens is 530 g/mol. The zero-order valence-electron chi connectivity index (χ0n) is 12.1.